The van der Waals surface area contributed by atoms with Crippen LogP contribution in [0.5, 0.6) is 0 Å². The molecule has 0 aliphatic heterocycles. The molecule has 4 heteroatoms. The Bertz CT molecular complexity index is 413. The number of halogens is 1. The summed E-state index contributed by atoms with van der Waals surface area (Å²) < 4.78 is 0.998. The lowest BCUT2D eigenvalue weighted by Gasteiger charge is -2.19. The number of thiophene rings is 1. The third-order valence-corrected chi connectivity index (χ3v) is 3.67. The summed E-state index contributed by atoms with van der Waals surface area (Å²) in [6.07, 6.45) is 2.07. The Hall–Kier alpha value is -0.610. The van der Waals surface area contributed by atoms with Crippen LogP contribution < -0.4 is 0 Å². The van der Waals surface area contributed by atoms with E-state index in [0.29, 0.717) is 0 Å². The zero-order valence-corrected chi connectivity index (χ0v) is 12.0. The fourth-order valence-corrected chi connectivity index (χ4v) is 2.86. The first kappa shape index (κ1) is 13.5. The molecule has 0 radical (unpaired) electrons. The molecule has 0 saturated heterocycles. The summed E-state index contributed by atoms with van der Waals surface area (Å²) in [4.78, 5) is 11.8. The molecule has 88 valence electrons. The number of hydrogen-bond donors (Lipinski definition) is 1. The van der Waals surface area contributed by atoms with Gasteiger partial charge in [-0.05, 0) is 39.4 Å². The van der Waals surface area contributed by atoms with Crippen LogP contribution in [0.3, 0.4) is 0 Å². The average Bonchev–Trinajstić information content (AvgIpc) is 2.47. The molecule has 0 aliphatic rings. The average molecular weight is 303 g/mol. The zero-order chi connectivity index (χ0) is 12.3. The molecule has 0 spiro atoms. The molecule has 0 amide bonds. The fourth-order valence-electron chi connectivity index (χ4n) is 1.41. The Labute approximate surface area is 108 Å². The number of rotatable bonds is 3. The van der Waals surface area contributed by atoms with Gasteiger partial charge in [-0.15, -0.1) is 11.3 Å². The number of carbonyl (C=O) groups is 1. The lowest BCUT2D eigenvalue weighted by Crippen LogP contribution is -2.06. The summed E-state index contributed by atoms with van der Waals surface area (Å²) in [5.74, 6) is -0.885. The minimum absolute atomic E-state index is 0.0811. The standard InChI is InChI=1S/C12H15BrO2S/c1-12(2,3)6-8(4-11(14)15)10-5-9(13)7-16-10/h4-5,7H,6H2,1-3H3,(H,14,15)/b8-4-. The molecule has 1 aromatic heterocycles. The third-order valence-electron chi connectivity index (χ3n) is 1.90. The van der Waals surface area contributed by atoms with Crippen LogP contribution in [0, 0.1) is 5.41 Å². The summed E-state index contributed by atoms with van der Waals surface area (Å²) in [5.41, 5.74) is 0.966. The minimum atomic E-state index is -0.885. The highest BCUT2D eigenvalue weighted by atomic mass is 79.9. The van der Waals surface area contributed by atoms with E-state index >= 15 is 0 Å². The van der Waals surface area contributed by atoms with Crippen LogP contribution in [0.25, 0.3) is 5.57 Å². The monoisotopic (exact) mass is 302 g/mol. The van der Waals surface area contributed by atoms with E-state index in [1.165, 1.54) is 6.08 Å². The van der Waals surface area contributed by atoms with Crippen molar-refractivity contribution in [3.05, 3.63) is 26.9 Å². The SMILES string of the molecule is CC(C)(C)C/C(=C/C(=O)O)c1cc(Br)cs1. The molecule has 0 aliphatic carbocycles. The van der Waals surface area contributed by atoms with Gasteiger partial charge in [0, 0.05) is 20.8 Å². The summed E-state index contributed by atoms with van der Waals surface area (Å²) in [6.45, 7) is 6.31. The third kappa shape index (κ3) is 4.49. The van der Waals surface area contributed by atoms with Gasteiger partial charge in [0.25, 0.3) is 0 Å². The van der Waals surface area contributed by atoms with Gasteiger partial charge in [0.05, 0.1) is 0 Å². The quantitative estimate of drug-likeness (QED) is 0.840. The molecule has 16 heavy (non-hydrogen) atoms. The maximum absolute atomic E-state index is 10.8. The largest absolute Gasteiger partial charge is 0.478 e. The molecule has 0 unspecified atom stereocenters. The van der Waals surface area contributed by atoms with E-state index in [4.69, 9.17) is 5.11 Å². The Balaban J connectivity index is 3.02. The molecule has 0 bridgehead atoms. The first-order valence-electron chi connectivity index (χ1n) is 4.96. The molecule has 0 saturated carbocycles. The molecular formula is C12H15BrO2S. The van der Waals surface area contributed by atoms with Crippen molar-refractivity contribution >= 4 is 38.8 Å². The molecule has 0 fully saturated rings. The van der Waals surface area contributed by atoms with Crippen molar-refractivity contribution in [3.8, 4) is 0 Å². The summed E-state index contributed by atoms with van der Waals surface area (Å²) in [5, 5.41) is 10.8. The van der Waals surface area contributed by atoms with Crippen LogP contribution in [-0.2, 0) is 4.79 Å². The Morgan fingerprint density at radius 3 is 2.56 bits per heavy atom. The highest BCUT2D eigenvalue weighted by Crippen LogP contribution is 2.34. The highest BCUT2D eigenvalue weighted by Gasteiger charge is 2.16. The highest BCUT2D eigenvalue weighted by molar-refractivity contribution is 9.10. The van der Waals surface area contributed by atoms with Crippen molar-refractivity contribution < 1.29 is 9.90 Å². The maximum Gasteiger partial charge on any atom is 0.328 e. The normalized spacial score (nSPS) is 12.9. The van der Waals surface area contributed by atoms with Crippen LogP contribution in [0.15, 0.2) is 22.0 Å². The van der Waals surface area contributed by atoms with E-state index in [0.717, 1.165) is 21.3 Å². The van der Waals surface area contributed by atoms with Crippen LogP contribution in [0.2, 0.25) is 0 Å². The predicted octanol–water partition coefficient (Wildman–Crippen LogP) is 4.41. The molecule has 1 heterocycles. The van der Waals surface area contributed by atoms with E-state index in [1.807, 2.05) is 11.4 Å². The van der Waals surface area contributed by atoms with Crippen LogP contribution in [-0.4, -0.2) is 11.1 Å². The van der Waals surface area contributed by atoms with E-state index < -0.39 is 5.97 Å². The maximum atomic E-state index is 10.8. The van der Waals surface area contributed by atoms with Gasteiger partial charge in [0.1, 0.15) is 0 Å². The Morgan fingerprint density at radius 2 is 2.19 bits per heavy atom. The Morgan fingerprint density at radius 1 is 1.56 bits per heavy atom. The summed E-state index contributed by atoms with van der Waals surface area (Å²) in [6, 6.07) is 1.96. The minimum Gasteiger partial charge on any atom is -0.478 e. The summed E-state index contributed by atoms with van der Waals surface area (Å²) in [7, 11) is 0. The molecule has 1 aromatic rings. The van der Waals surface area contributed by atoms with Crippen molar-refractivity contribution in [3.63, 3.8) is 0 Å². The number of aliphatic carboxylic acids is 1. The molecule has 0 atom stereocenters. The zero-order valence-electron chi connectivity index (χ0n) is 9.58. The molecule has 0 aromatic carbocycles. The lowest BCUT2D eigenvalue weighted by molar-refractivity contribution is -0.131. The van der Waals surface area contributed by atoms with Gasteiger partial charge in [-0.25, -0.2) is 4.79 Å². The molecule has 1 N–H and O–H groups in total. The molecule has 1 rings (SSSR count). The number of hydrogen-bond acceptors (Lipinski definition) is 2. The van der Waals surface area contributed by atoms with Crippen LogP contribution in [0.4, 0.5) is 0 Å². The van der Waals surface area contributed by atoms with Gasteiger partial charge in [0.15, 0.2) is 0 Å². The van der Waals surface area contributed by atoms with Crippen molar-refractivity contribution in [2.24, 2.45) is 5.41 Å². The lowest BCUT2D eigenvalue weighted by atomic mass is 9.87. The first-order chi connectivity index (χ1) is 7.28. The van der Waals surface area contributed by atoms with Crippen LogP contribution in [0.1, 0.15) is 32.1 Å². The van der Waals surface area contributed by atoms with Gasteiger partial charge in [-0.2, -0.15) is 0 Å². The van der Waals surface area contributed by atoms with Gasteiger partial charge in [0.2, 0.25) is 0 Å². The van der Waals surface area contributed by atoms with E-state index in [-0.39, 0.29) is 5.41 Å². The smallest absolute Gasteiger partial charge is 0.328 e. The number of carboxylic acids is 1. The molecular weight excluding hydrogens is 288 g/mol. The second-order valence-electron chi connectivity index (χ2n) is 4.87. The predicted molar refractivity (Wildman–Crippen MR) is 71.7 cm³/mol. The van der Waals surface area contributed by atoms with E-state index in [9.17, 15) is 4.79 Å². The van der Waals surface area contributed by atoms with Crippen molar-refractivity contribution in [2.75, 3.05) is 0 Å². The second-order valence-corrected chi connectivity index (χ2v) is 6.70. The van der Waals surface area contributed by atoms with Crippen molar-refractivity contribution in [1.82, 2.24) is 0 Å². The van der Waals surface area contributed by atoms with E-state index in [1.54, 1.807) is 11.3 Å². The number of carboxylic acid groups (broad SMARTS) is 1. The van der Waals surface area contributed by atoms with Crippen molar-refractivity contribution in [2.45, 2.75) is 27.2 Å². The fraction of sp³-hybridized carbons (Fsp3) is 0.417. The second kappa shape index (κ2) is 5.15. The van der Waals surface area contributed by atoms with Crippen molar-refractivity contribution in [1.29, 1.82) is 0 Å². The van der Waals surface area contributed by atoms with Gasteiger partial charge < -0.3 is 5.11 Å². The number of allylic oxidation sites excluding steroid dienone is 1. The van der Waals surface area contributed by atoms with Gasteiger partial charge in [-0.3, -0.25) is 0 Å². The summed E-state index contributed by atoms with van der Waals surface area (Å²) >= 11 is 4.94. The van der Waals surface area contributed by atoms with Crippen LogP contribution >= 0.6 is 27.3 Å². The molecule has 2 nitrogen and oxygen atoms in total. The Kier molecular flexibility index (Phi) is 4.33. The van der Waals surface area contributed by atoms with Gasteiger partial charge in [-0.1, -0.05) is 20.8 Å². The topological polar surface area (TPSA) is 37.3 Å². The van der Waals surface area contributed by atoms with Gasteiger partial charge >= 0.3 is 5.97 Å². The van der Waals surface area contributed by atoms with E-state index in [2.05, 4.69) is 36.7 Å². The first-order valence-corrected chi connectivity index (χ1v) is 6.63.